The van der Waals surface area contributed by atoms with E-state index < -0.39 is 0 Å². The van der Waals surface area contributed by atoms with Gasteiger partial charge in [-0.1, -0.05) is 35.9 Å². The minimum atomic E-state index is 0.152. The maximum absolute atomic E-state index is 6.08. The summed E-state index contributed by atoms with van der Waals surface area (Å²) in [5, 5.41) is 0.709. The lowest BCUT2D eigenvalue weighted by Crippen LogP contribution is -2.03. The van der Waals surface area contributed by atoms with E-state index in [0.717, 1.165) is 23.1 Å². The Morgan fingerprint density at radius 2 is 2.00 bits per heavy atom. The number of fused-ring (bicyclic) bond motifs is 1. The van der Waals surface area contributed by atoms with E-state index in [1.54, 1.807) is 0 Å². The normalized spacial score (nSPS) is 17.6. The molecule has 1 atom stereocenters. The van der Waals surface area contributed by atoms with Gasteiger partial charge in [-0.3, -0.25) is 0 Å². The molecule has 18 heavy (non-hydrogen) atoms. The predicted octanol–water partition coefficient (Wildman–Crippen LogP) is 5.17. The number of aryl methyl sites for hydroxylation is 1. The van der Waals surface area contributed by atoms with Crippen molar-refractivity contribution in [3.05, 3.63) is 63.1 Å². The Kier molecular flexibility index (Phi) is 3.31. The number of benzene rings is 2. The topological polar surface area (TPSA) is 9.23 Å². The van der Waals surface area contributed by atoms with E-state index in [-0.39, 0.29) is 6.10 Å². The Balaban J connectivity index is 1.86. The molecule has 0 spiro atoms. The maximum Gasteiger partial charge on any atom is 0.134 e. The molecule has 92 valence electrons. The van der Waals surface area contributed by atoms with Gasteiger partial charge in [0.15, 0.2) is 0 Å². The van der Waals surface area contributed by atoms with Crippen LogP contribution in [-0.4, -0.2) is 0 Å². The Morgan fingerprint density at radius 3 is 2.83 bits per heavy atom. The molecule has 3 heteroatoms. The van der Waals surface area contributed by atoms with Gasteiger partial charge in [-0.15, -0.1) is 0 Å². The number of hydrogen-bond donors (Lipinski definition) is 0. The summed E-state index contributed by atoms with van der Waals surface area (Å²) in [7, 11) is 0. The van der Waals surface area contributed by atoms with Crippen molar-refractivity contribution < 1.29 is 4.74 Å². The van der Waals surface area contributed by atoms with Crippen molar-refractivity contribution in [2.24, 2.45) is 0 Å². The molecule has 0 fully saturated rings. The molecule has 0 saturated heterocycles. The third-order valence-corrected chi connectivity index (χ3v) is 4.10. The monoisotopic (exact) mass is 322 g/mol. The van der Waals surface area contributed by atoms with E-state index in [1.165, 1.54) is 11.1 Å². The van der Waals surface area contributed by atoms with Crippen molar-refractivity contribution in [3.8, 4) is 5.75 Å². The largest absolute Gasteiger partial charge is 0.485 e. The molecule has 2 aromatic carbocycles. The number of hydrogen-bond acceptors (Lipinski definition) is 1. The zero-order chi connectivity index (χ0) is 12.5. The van der Waals surface area contributed by atoms with Gasteiger partial charge >= 0.3 is 0 Å². The fraction of sp³-hybridized carbons (Fsp3) is 0.200. The van der Waals surface area contributed by atoms with Crippen molar-refractivity contribution in [2.75, 3.05) is 0 Å². The lowest BCUT2D eigenvalue weighted by Gasteiger charge is -2.16. The fourth-order valence-electron chi connectivity index (χ4n) is 2.36. The van der Waals surface area contributed by atoms with Gasteiger partial charge in [0.05, 0.1) is 4.47 Å². The molecule has 0 radical (unpaired) electrons. The van der Waals surface area contributed by atoms with Crippen LogP contribution in [0.3, 0.4) is 0 Å². The summed E-state index contributed by atoms with van der Waals surface area (Å²) in [6.45, 7) is 0. The average Bonchev–Trinajstić information content (AvgIpc) is 2.76. The molecule has 3 rings (SSSR count). The van der Waals surface area contributed by atoms with Crippen LogP contribution in [0.2, 0.25) is 5.02 Å². The van der Waals surface area contributed by atoms with Crippen LogP contribution in [0.25, 0.3) is 0 Å². The Hall–Kier alpha value is -0.990. The first-order chi connectivity index (χ1) is 8.74. The van der Waals surface area contributed by atoms with Gasteiger partial charge in [-0.05, 0) is 58.1 Å². The van der Waals surface area contributed by atoms with Gasteiger partial charge in [0, 0.05) is 5.02 Å². The van der Waals surface area contributed by atoms with Crippen molar-refractivity contribution in [1.82, 2.24) is 0 Å². The molecule has 1 nitrogen and oxygen atoms in total. The Bertz CT molecular complexity index is 582. The first-order valence-corrected chi connectivity index (χ1v) is 7.10. The molecule has 0 amide bonds. The molecule has 0 aromatic heterocycles. The van der Waals surface area contributed by atoms with Crippen molar-refractivity contribution in [3.63, 3.8) is 0 Å². The first kappa shape index (κ1) is 12.1. The third kappa shape index (κ3) is 2.27. The number of ether oxygens (including phenoxy) is 1. The van der Waals surface area contributed by atoms with Gasteiger partial charge in [-0.2, -0.15) is 0 Å². The molecule has 0 heterocycles. The van der Waals surface area contributed by atoms with E-state index in [2.05, 4.69) is 40.2 Å². The lowest BCUT2D eigenvalue weighted by atomic mass is 10.1. The molecule has 0 unspecified atom stereocenters. The van der Waals surface area contributed by atoms with Crippen LogP contribution in [0.1, 0.15) is 23.7 Å². The second kappa shape index (κ2) is 4.94. The zero-order valence-electron chi connectivity index (χ0n) is 9.70. The summed E-state index contributed by atoms with van der Waals surface area (Å²) in [6.07, 6.45) is 2.28. The molecule has 0 bridgehead atoms. The predicted molar refractivity (Wildman–Crippen MR) is 77.3 cm³/mol. The molecular formula is C15H12BrClO. The second-order valence-corrected chi connectivity index (χ2v) is 5.71. The molecule has 1 aliphatic rings. The Morgan fingerprint density at radius 1 is 1.17 bits per heavy atom. The van der Waals surface area contributed by atoms with Crippen LogP contribution in [0, 0.1) is 0 Å². The third-order valence-electron chi connectivity index (χ3n) is 3.24. The van der Waals surface area contributed by atoms with Gasteiger partial charge in [0.1, 0.15) is 11.9 Å². The summed E-state index contributed by atoms with van der Waals surface area (Å²) in [5.74, 6) is 0.848. The summed E-state index contributed by atoms with van der Waals surface area (Å²) in [4.78, 5) is 0. The van der Waals surface area contributed by atoms with Crippen LogP contribution >= 0.6 is 27.5 Å². The minimum Gasteiger partial charge on any atom is -0.485 e. The summed E-state index contributed by atoms with van der Waals surface area (Å²) in [5.41, 5.74) is 2.70. The smallest absolute Gasteiger partial charge is 0.134 e. The molecule has 1 aliphatic carbocycles. The Labute approximate surface area is 120 Å². The standard InChI is InChI=1S/C15H12BrClO/c16-13-9-11(17)6-8-15(13)18-14-7-5-10-3-1-2-4-12(10)14/h1-4,6,8-9,14H,5,7H2/t14-/m0/s1. The molecule has 0 N–H and O–H groups in total. The van der Waals surface area contributed by atoms with Crippen LogP contribution in [0.4, 0.5) is 0 Å². The highest BCUT2D eigenvalue weighted by molar-refractivity contribution is 9.10. The fourth-order valence-corrected chi connectivity index (χ4v) is 3.14. The summed E-state index contributed by atoms with van der Waals surface area (Å²) < 4.78 is 6.98. The SMILES string of the molecule is Clc1ccc(O[C@H]2CCc3ccccc32)c(Br)c1. The molecular weight excluding hydrogens is 312 g/mol. The van der Waals surface area contributed by atoms with Crippen molar-refractivity contribution >= 4 is 27.5 Å². The highest BCUT2D eigenvalue weighted by Crippen LogP contribution is 2.37. The van der Waals surface area contributed by atoms with Gasteiger partial charge in [0.25, 0.3) is 0 Å². The quantitative estimate of drug-likeness (QED) is 0.741. The highest BCUT2D eigenvalue weighted by atomic mass is 79.9. The average molecular weight is 324 g/mol. The maximum atomic E-state index is 6.08. The highest BCUT2D eigenvalue weighted by Gasteiger charge is 2.23. The molecule has 2 aromatic rings. The number of halogens is 2. The van der Waals surface area contributed by atoms with E-state index in [1.807, 2.05) is 18.2 Å². The van der Waals surface area contributed by atoms with Crippen LogP contribution in [0.5, 0.6) is 5.75 Å². The van der Waals surface area contributed by atoms with Crippen LogP contribution < -0.4 is 4.74 Å². The van der Waals surface area contributed by atoms with E-state index >= 15 is 0 Å². The molecule has 0 aliphatic heterocycles. The van der Waals surface area contributed by atoms with Gasteiger partial charge in [-0.25, -0.2) is 0 Å². The first-order valence-electron chi connectivity index (χ1n) is 5.93. The van der Waals surface area contributed by atoms with E-state index in [4.69, 9.17) is 16.3 Å². The summed E-state index contributed by atoms with van der Waals surface area (Å²) in [6, 6.07) is 14.1. The molecule has 0 saturated carbocycles. The second-order valence-electron chi connectivity index (χ2n) is 4.42. The lowest BCUT2D eigenvalue weighted by molar-refractivity contribution is 0.206. The van der Waals surface area contributed by atoms with E-state index in [0.29, 0.717) is 5.02 Å². The van der Waals surface area contributed by atoms with Crippen molar-refractivity contribution in [2.45, 2.75) is 18.9 Å². The number of rotatable bonds is 2. The summed E-state index contributed by atoms with van der Waals surface area (Å²) >= 11 is 9.41. The zero-order valence-corrected chi connectivity index (χ0v) is 12.0. The van der Waals surface area contributed by atoms with E-state index in [9.17, 15) is 0 Å². The minimum absolute atomic E-state index is 0.152. The van der Waals surface area contributed by atoms with Crippen LogP contribution in [-0.2, 0) is 6.42 Å². The van der Waals surface area contributed by atoms with Crippen LogP contribution in [0.15, 0.2) is 46.9 Å². The van der Waals surface area contributed by atoms with Crippen molar-refractivity contribution in [1.29, 1.82) is 0 Å². The van der Waals surface area contributed by atoms with Gasteiger partial charge in [0.2, 0.25) is 0 Å². The van der Waals surface area contributed by atoms with Gasteiger partial charge < -0.3 is 4.74 Å².